The smallest absolute Gasteiger partial charge is 0.193 e. The van der Waals surface area contributed by atoms with Gasteiger partial charge in [-0.2, -0.15) is 0 Å². The minimum Gasteiger partial charge on any atom is -0.488 e. The third-order valence-electron chi connectivity index (χ3n) is 2.71. The minimum atomic E-state index is -0.248. The molecule has 0 spiro atoms. The van der Waals surface area contributed by atoms with E-state index < -0.39 is 0 Å². The standard InChI is InChI=1S/C17H19NO2/c1-17(2,3)20-15-10-6-13(7-11-15)16(19)12-4-8-14(18)9-5-12/h4-11H,18H2,1-3H3. The molecule has 20 heavy (non-hydrogen) atoms. The van der Waals surface area contributed by atoms with Gasteiger partial charge in [-0.25, -0.2) is 0 Å². The summed E-state index contributed by atoms with van der Waals surface area (Å²) in [5, 5.41) is 0. The molecule has 104 valence electrons. The average molecular weight is 269 g/mol. The first kappa shape index (κ1) is 14.1. The number of rotatable bonds is 3. The molecule has 0 amide bonds. The first-order valence-corrected chi connectivity index (χ1v) is 6.54. The Morgan fingerprint density at radius 2 is 1.35 bits per heavy atom. The van der Waals surface area contributed by atoms with Gasteiger partial charge in [0.25, 0.3) is 0 Å². The lowest BCUT2D eigenvalue weighted by atomic mass is 10.0. The Labute approximate surface area is 119 Å². The quantitative estimate of drug-likeness (QED) is 0.683. The first-order chi connectivity index (χ1) is 9.35. The van der Waals surface area contributed by atoms with Crippen LogP contribution in [0.5, 0.6) is 5.75 Å². The summed E-state index contributed by atoms with van der Waals surface area (Å²) in [6.45, 7) is 5.96. The predicted molar refractivity (Wildman–Crippen MR) is 81.1 cm³/mol. The molecule has 0 aliphatic heterocycles. The monoisotopic (exact) mass is 269 g/mol. The minimum absolute atomic E-state index is 0.0210. The van der Waals surface area contributed by atoms with Crippen LogP contribution in [0.25, 0.3) is 0 Å². The Morgan fingerprint density at radius 1 is 0.900 bits per heavy atom. The molecule has 0 atom stereocenters. The Bertz CT molecular complexity index is 592. The fraction of sp³-hybridized carbons (Fsp3) is 0.235. The van der Waals surface area contributed by atoms with Crippen LogP contribution in [0.4, 0.5) is 5.69 Å². The van der Waals surface area contributed by atoms with Gasteiger partial charge in [-0.3, -0.25) is 4.79 Å². The summed E-state index contributed by atoms with van der Waals surface area (Å²) in [5.41, 5.74) is 7.28. The van der Waals surface area contributed by atoms with Crippen LogP contribution >= 0.6 is 0 Å². The number of hydrogen-bond donors (Lipinski definition) is 1. The lowest BCUT2D eigenvalue weighted by Crippen LogP contribution is -2.22. The lowest BCUT2D eigenvalue weighted by Gasteiger charge is -2.21. The normalized spacial score (nSPS) is 11.2. The maximum Gasteiger partial charge on any atom is 0.193 e. The van der Waals surface area contributed by atoms with E-state index in [0.717, 1.165) is 5.75 Å². The van der Waals surface area contributed by atoms with Crippen LogP contribution < -0.4 is 10.5 Å². The number of carbonyl (C=O) groups is 1. The molecule has 0 heterocycles. The SMILES string of the molecule is CC(C)(C)Oc1ccc(C(=O)c2ccc(N)cc2)cc1. The van der Waals surface area contributed by atoms with Gasteiger partial charge in [0.05, 0.1) is 0 Å². The van der Waals surface area contributed by atoms with E-state index in [1.54, 1.807) is 36.4 Å². The molecule has 0 unspecified atom stereocenters. The molecular formula is C17H19NO2. The molecule has 2 aromatic carbocycles. The number of ether oxygens (including phenoxy) is 1. The molecular weight excluding hydrogens is 250 g/mol. The van der Waals surface area contributed by atoms with Gasteiger partial charge in [-0.05, 0) is 69.3 Å². The highest BCUT2D eigenvalue weighted by Crippen LogP contribution is 2.20. The molecule has 2 rings (SSSR count). The Hall–Kier alpha value is -2.29. The molecule has 2 aromatic rings. The van der Waals surface area contributed by atoms with Gasteiger partial charge < -0.3 is 10.5 Å². The second-order valence-corrected chi connectivity index (χ2v) is 5.69. The second-order valence-electron chi connectivity index (χ2n) is 5.69. The maximum absolute atomic E-state index is 12.3. The maximum atomic E-state index is 12.3. The molecule has 0 aromatic heterocycles. The summed E-state index contributed by atoms with van der Waals surface area (Å²) in [4.78, 5) is 12.3. The van der Waals surface area contributed by atoms with Crippen LogP contribution in [0.3, 0.4) is 0 Å². The largest absolute Gasteiger partial charge is 0.488 e. The predicted octanol–water partition coefficient (Wildman–Crippen LogP) is 3.68. The molecule has 0 bridgehead atoms. The summed E-state index contributed by atoms with van der Waals surface area (Å²) in [6, 6.07) is 14.1. The van der Waals surface area contributed by atoms with Gasteiger partial charge in [-0.1, -0.05) is 0 Å². The van der Waals surface area contributed by atoms with Crippen molar-refractivity contribution in [2.45, 2.75) is 26.4 Å². The number of nitrogens with two attached hydrogens (primary N) is 1. The van der Waals surface area contributed by atoms with Crippen molar-refractivity contribution < 1.29 is 9.53 Å². The molecule has 0 aliphatic carbocycles. The van der Waals surface area contributed by atoms with E-state index in [-0.39, 0.29) is 11.4 Å². The summed E-state index contributed by atoms with van der Waals surface area (Å²) in [5.74, 6) is 0.735. The Kier molecular flexibility index (Phi) is 3.79. The average Bonchev–Trinajstić information content (AvgIpc) is 2.38. The third-order valence-corrected chi connectivity index (χ3v) is 2.71. The molecule has 0 fully saturated rings. The zero-order valence-corrected chi connectivity index (χ0v) is 12.0. The zero-order valence-electron chi connectivity index (χ0n) is 12.0. The van der Waals surface area contributed by atoms with Gasteiger partial charge in [0, 0.05) is 16.8 Å². The number of carbonyl (C=O) groups excluding carboxylic acids is 1. The van der Waals surface area contributed by atoms with Crippen molar-refractivity contribution in [1.29, 1.82) is 0 Å². The second kappa shape index (κ2) is 5.37. The number of benzene rings is 2. The van der Waals surface area contributed by atoms with Crippen LogP contribution in [-0.2, 0) is 0 Å². The van der Waals surface area contributed by atoms with E-state index in [0.29, 0.717) is 16.8 Å². The highest BCUT2D eigenvalue weighted by molar-refractivity contribution is 6.09. The lowest BCUT2D eigenvalue weighted by molar-refractivity contribution is 0.103. The highest BCUT2D eigenvalue weighted by atomic mass is 16.5. The summed E-state index contributed by atoms with van der Waals surface area (Å²) in [6.07, 6.45) is 0. The summed E-state index contributed by atoms with van der Waals surface area (Å²) in [7, 11) is 0. The van der Waals surface area contributed by atoms with Crippen molar-refractivity contribution in [1.82, 2.24) is 0 Å². The Morgan fingerprint density at radius 3 is 1.80 bits per heavy atom. The van der Waals surface area contributed by atoms with Crippen LogP contribution in [0.1, 0.15) is 36.7 Å². The van der Waals surface area contributed by atoms with E-state index >= 15 is 0 Å². The highest BCUT2D eigenvalue weighted by Gasteiger charge is 2.13. The molecule has 3 nitrogen and oxygen atoms in total. The van der Waals surface area contributed by atoms with Crippen LogP contribution in [0, 0.1) is 0 Å². The van der Waals surface area contributed by atoms with E-state index in [9.17, 15) is 4.79 Å². The van der Waals surface area contributed by atoms with Crippen LogP contribution in [0.15, 0.2) is 48.5 Å². The van der Waals surface area contributed by atoms with Crippen molar-refractivity contribution in [2.24, 2.45) is 0 Å². The van der Waals surface area contributed by atoms with Gasteiger partial charge in [0.2, 0.25) is 0 Å². The third kappa shape index (κ3) is 3.60. The van der Waals surface area contributed by atoms with Crippen molar-refractivity contribution in [3.63, 3.8) is 0 Å². The first-order valence-electron chi connectivity index (χ1n) is 6.54. The van der Waals surface area contributed by atoms with Crippen molar-refractivity contribution in [2.75, 3.05) is 5.73 Å². The van der Waals surface area contributed by atoms with Gasteiger partial charge in [0.1, 0.15) is 11.4 Å². The van der Waals surface area contributed by atoms with Crippen molar-refractivity contribution in [3.05, 3.63) is 59.7 Å². The van der Waals surface area contributed by atoms with E-state index in [2.05, 4.69) is 0 Å². The van der Waals surface area contributed by atoms with Crippen molar-refractivity contribution >= 4 is 11.5 Å². The topological polar surface area (TPSA) is 52.3 Å². The molecule has 0 saturated carbocycles. The zero-order chi connectivity index (χ0) is 14.8. The Balaban J connectivity index is 2.17. The molecule has 0 saturated heterocycles. The van der Waals surface area contributed by atoms with Gasteiger partial charge in [0.15, 0.2) is 5.78 Å². The summed E-state index contributed by atoms with van der Waals surface area (Å²) >= 11 is 0. The van der Waals surface area contributed by atoms with E-state index in [4.69, 9.17) is 10.5 Å². The molecule has 2 N–H and O–H groups in total. The number of anilines is 1. The van der Waals surface area contributed by atoms with Crippen molar-refractivity contribution in [3.8, 4) is 5.75 Å². The summed E-state index contributed by atoms with van der Waals surface area (Å²) < 4.78 is 5.73. The van der Waals surface area contributed by atoms with Gasteiger partial charge in [-0.15, -0.1) is 0 Å². The fourth-order valence-electron chi connectivity index (χ4n) is 1.83. The van der Waals surface area contributed by atoms with E-state index in [1.807, 2.05) is 32.9 Å². The number of ketones is 1. The number of nitrogen functional groups attached to an aromatic ring is 1. The van der Waals surface area contributed by atoms with E-state index in [1.165, 1.54) is 0 Å². The molecule has 0 radical (unpaired) electrons. The van der Waals surface area contributed by atoms with Crippen LogP contribution in [-0.4, -0.2) is 11.4 Å². The van der Waals surface area contributed by atoms with Crippen LogP contribution in [0.2, 0.25) is 0 Å². The molecule has 0 aliphatic rings. The molecule has 3 heteroatoms. The van der Waals surface area contributed by atoms with Gasteiger partial charge >= 0.3 is 0 Å². The number of hydrogen-bond acceptors (Lipinski definition) is 3. The fourth-order valence-corrected chi connectivity index (χ4v) is 1.83.